The van der Waals surface area contributed by atoms with Crippen molar-refractivity contribution in [3.05, 3.63) is 81.6 Å². The normalized spacial score (nSPS) is 11.0. The Morgan fingerprint density at radius 2 is 1.75 bits per heavy atom. The molecule has 2 aromatic carbocycles. The number of halogens is 2. The predicted molar refractivity (Wildman–Crippen MR) is 113 cm³/mol. The Morgan fingerprint density at radius 3 is 2.46 bits per heavy atom. The van der Waals surface area contributed by atoms with Gasteiger partial charge in [-0.15, -0.1) is 0 Å². The van der Waals surface area contributed by atoms with Crippen LogP contribution >= 0.6 is 23.2 Å². The van der Waals surface area contributed by atoms with Gasteiger partial charge in [-0.1, -0.05) is 41.4 Å². The van der Waals surface area contributed by atoms with Crippen LogP contribution in [-0.2, 0) is 0 Å². The fraction of sp³-hybridized carbons (Fsp3) is 0.0952. The maximum atomic E-state index is 13.0. The lowest BCUT2D eigenvalue weighted by atomic mass is 10.1. The van der Waals surface area contributed by atoms with Gasteiger partial charge in [-0.2, -0.15) is 5.10 Å². The number of hydrogen-bond acceptors (Lipinski definition) is 3. The second-order valence-corrected chi connectivity index (χ2v) is 7.24. The van der Waals surface area contributed by atoms with Gasteiger partial charge in [0.1, 0.15) is 0 Å². The summed E-state index contributed by atoms with van der Waals surface area (Å²) >= 11 is 12.0. The molecule has 0 unspecified atom stereocenters. The minimum absolute atomic E-state index is 0.260. The number of aromatic nitrogens is 3. The van der Waals surface area contributed by atoms with Gasteiger partial charge in [-0.25, -0.2) is 9.67 Å². The van der Waals surface area contributed by atoms with Crippen LogP contribution < -0.4 is 5.32 Å². The summed E-state index contributed by atoms with van der Waals surface area (Å²) in [5, 5.41) is 9.01. The Bertz CT molecular complexity index is 1200. The molecule has 4 aromatic rings. The Morgan fingerprint density at radius 1 is 1.00 bits per heavy atom. The van der Waals surface area contributed by atoms with Gasteiger partial charge in [0, 0.05) is 11.4 Å². The second-order valence-electron chi connectivity index (χ2n) is 6.43. The van der Waals surface area contributed by atoms with Crippen molar-refractivity contribution in [3.63, 3.8) is 0 Å². The molecule has 0 aliphatic heterocycles. The monoisotopic (exact) mass is 410 g/mol. The minimum atomic E-state index is -0.260. The molecule has 0 saturated carbocycles. The predicted octanol–water partition coefficient (Wildman–Crippen LogP) is 5.60. The molecule has 28 heavy (non-hydrogen) atoms. The molecule has 2 aromatic heterocycles. The van der Waals surface area contributed by atoms with Crippen molar-refractivity contribution in [1.82, 2.24) is 14.8 Å². The fourth-order valence-corrected chi connectivity index (χ4v) is 3.41. The van der Waals surface area contributed by atoms with Crippen molar-refractivity contribution in [3.8, 4) is 5.69 Å². The maximum absolute atomic E-state index is 13.0. The highest BCUT2D eigenvalue weighted by Crippen LogP contribution is 2.28. The standard InChI is InChI=1S/C21H16Cl2N4O/c1-12-10-16(21(28)25-14-8-9-17(22)18(23)11-14)19-13(2)26-27(20(19)24-12)15-6-4-3-5-7-15/h3-11H,1-2H3,(H,25,28). The molecule has 0 spiro atoms. The molecule has 1 N–H and O–H groups in total. The quantitative estimate of drug-likeness (QED) is 0.478. The van der Waals surface area contributed by atoms with E-state index in [2.05, 4.69) is 15.4 Å². The van der Waals surface area contributed by atoms with Gasteiger partial charge in [-0.05, 0) is 50.2 Å². The van der Waals surface area contributed by atoms with Gasteiger partial charge < -0.3 is 5.32 Å². The molecule has 0 fully saturated rings. The molecule has 5 nitrogen and oxygen atoms in total. The Labute approximate surface area is 171 Å². The van der Waals surface area contributed by atoms with E-state index in [0.717, 1.165) is 17.1 Å². The molecule has 0 aliphatic carbocycles. The van der Waals surface area contributed by atoms with E-state index < -0.39 is 0 Å². The fourth-order valence-electron chi connectivity index (χ4n) is 3.11. The highest BCUT2D eigenvalue weighted by atomic mass is 35.5. The van der Waals surface area contributed by atoms with Gasteiger partial charge in [0.2, 0.25) is 0 Å². The van der Waals surface area contributed by atoms with Crippen molar-refractivity contribution in [2.45, 2.75) is 13.8 Å². The number of para-hydroxylation sites is 1. The van der Waals surface area contributed by atoms with Gasteiger partial charge in [-0.3, -0.25) is 4.79 Å². The highest BCUT2D eigenvalue weighted by Gasteiger charge is 2.19. The molecular formula is C21H16Cl2N4O. The highest BCUT2D eigenvalue weighted by molar-refractivity contribution is 6.42. The number of nitrogens with one attached hydrogen (secondary N) is 1. The van der Waals surface area contributed by atoms with E-state index in [1.807, 2.05) is 44.2 Å². The first kappa shape index (κ1) is 18.5. The van der Waals surface area contributed by atoms with Gasteiger partial charge >= 0.3 is 0 Å². The van der Waals surface area contributed by atoms with E-state index >= 15 is 0 Å². The Balaban J connectivity index is 1.82. The number of pyridine rings is 1. The number of amides is 1. The summed E-state index contributed by atoms with van der Waals surface area (Å²) in [4.78, 5) is 17.7. The summed E-state index contributed by atoms with van der Waals surface area (Å²) in [6, 6.07) is 16.4. The van der Waals surface area contributed by atoms with E-state index in [4.69, 9.17) is 23.2 Å². The van der Waals surface area contributed by atoms with Crippen LogP contribution in [0.5, 0.6) is 0 Å². The molecular weight excluding hydrogens is 395 g/mol. The first-order valence-corrected chi connectivity index (χ1v) is 9.38. The van der Waals surface area contributed by atoms with Crippen molar-refractivity contribution in [2.24, 2.45) is 0 Å². The van der Waals surface area contributed by atoms with Gasteiger partial charge in [0.15, 0.2) is 5.65 Å². The Hall–Kier alpha value is -2.89. The van der Waals surface area contributed by atoms with Crippen LogP contribution in [0.25, 0.3) is 16.7 Å². The molecule has 0 aliphatic rings. The average molecular weight is 411 g/mol. The van der Waals surface area contributed by atoms with E-state index in [-0.39, 0.29) is 5.91 Å². The molecule has 4 rings (SSSR count). The van der Waals surface area contributed by atoms with Crippen molar-refractivity contribution in [1.29, 1.82) is 0 Å². The van der Waals surface area contributed by atoms with Crippen LogP contribution in [0.4, 0.5) is 5.69 Å². The summed E-state index contributed by atoms with van der Waals surface area (Å²) in [6.45, 7) is 3.72. The number of anilines is 1. The summed E-state index contributed by atoms with van der Waals surface area (Å²) in [6.07, 6.45) is 0. The molecule has 1 amide bonds. The smallest absolute Gasteiger partial charge is 0.256 e. The largest absolute Gasteiger partial charge is 0.322 e. The van der Waals surface area contributed by atoms with Crippen molar-refractivity contribution in [2.75, 3.05) is 5.32 Å². The summed E-state index contributed by atoms with van der Waals surface area (Å²) in [7, 11) is 0. The van der Waals surface area contributed by atoms with Crippen LogP contribution in [0.15, 0.2) is 54.6 Å². The third-order valence-electron chi connectivity index (χ3n) is 4.36. The van der Waals surface area contributed by atoms with Crippen molar-refractivity contribution >= 4 is 45.8 Å². The average Bonchev–Trinajstić information content (AvgIpc) is 3.01. The van der Waals surface area contributed by atoms with E-state index in [1.165, 1.54) is 0 Å². The molecule has 0 radical (unpaired) electrons. The first-order valence-electron chi connectivity index (χ1n) is 8.63. The topological polar surface area (TPSA) is 59.8 Å². The number of rotatable bonds is 3. The maximum Gasteiger partial charge on any atom is 0.256 e. The molecule has 7 heteroatoms. The van der Waals surface area contributed by atoms with E-state index in [0.29, 0.717) is 32.3 Å². The van der Waals surface area contributed by atoms with Gasteiger partial charge in [0.05, 0.1) is 32.4 Å². The lowest BCUT2D eigenvalue weighted by molar-refractivity contribution is 0.102. The SMILES string of the molecule is Cc1cc(C(=O)Nc2ccc(Cl)c(Cl)c2)c2c(C)nn(-c3ccccc3)c2n1. The van der Waals surface area contributed by atoms with E-state index in [1.54, 1.807) is 28.9 Å². The van der Waals surface area contributed by atoms with Crippen molar-refractivity contribution < 1.29 is 4.79 Å². The van der Waals surface area contributed by atoms with E-state index in [9.17, 15) is 4.79 Å². The molecule has 0 atom stereocenters. The van der Waals surface area contributed by atoms with Crippen LogP contribution in [0.3, 0.4) is 0 Å². The number of fused-ring (bicyclic) bond motifs is 1. The molecule has 0 saturated heterocycles. The number of aryl methyl sites for hydroxylation is 2. The zero-order valence-electron chi connectivity index (χ0n) is 15.2. The summed E-state index contributed by atoms with van der Waals surface area (Å²) in [5.41, 5.74) is 4.05. The number of hydrogen-bond donors (Lipinski definition) is 1. The third kappa shape index (κ3) is 3.35. The van der Waals surface area contributed by atoms with Gasteiger partial charge in [0.25, 0.3) is 5.91 Å². The number of nitrogens with zero attached hydrogens (tertiary/aromatic N) is 3. The number of carbonyl (C=O) groups is 1. The molecule has 140 valence electrons. The number of benzene rings is 2. The second kappa shape index (κ2) is 7.26. The Kier molecular flexibility index (Phi) is 4.79. The summed E-state index contributed by atoms with van der Waals surface area (Å²) in [5.74, 6) is -0.260. The lowest BCUT2D eigenvalue weighted by Crippen LogP contribution is -2.13. The molecule has 0 bridgehead atoms. The lowest BCUT2D eigenvalue weighted by Gasteiger charge is -2.09. The van der Waals surface area contributed by atoms with Crippen LogP contribution in [0.1, 0.15) is 21.7 Å². The first-order chi connectivity index (χ1) is 13.4. The number of carbonyl (C=O) groups excluding carboxylic acids is 1. The minimum Gasteiger partial charge on any atom is -0.322 e. The third-order valence-corrected chi connectivity index (χ3v) is 5.10. The molecule has 2 heterocycles. The van der Waals surface area contributed by atoms with Crippen LogP contribution in [0, 0.1) is 13.8 Å². The zero-order chi connectivity index (χ0) is 19.8. The van der Waals surface area contributed by atoms with Crippen LogP contribution in [0.2, 0.25) is 10.0 Å². The van der Waals surface area contributed by atoms with Crippen LogP contribution in [-0.4, -0.2) is 20.7 Å². The zero-order valence-corrected chi connectivity index (χ0v) is 16.7. The summed E-state index contributed by atoms with van der Waals surface area (Å²) < 4.78 is 1.76.